The van der Waals surface area contributed by atoms with Gasteiger partial charge in [0.25, 0.3) is 0 Å². The third-order valence-electron chi connectivity index (χ3n) is 2.21. The van der Waals surface area contributed by atoms with Gasteiger partial charge in [0, 0.05) is 20.2 Å². The van der Waals surface area contributed by atoms with Crippen molar-refractivity contribution in [3.8, 4) is 0 Å². The molecule has 0 radical (unpaired) electrons. The Bertz CT molecular complexity index is 336. The minimum absolute atomic E-state index is 0.196. The molecule has 0 aliphatic carbocycles. The maximum atomic E-state index is 8.66. The molecule has 0 spiro atoms. The van der Waals surface area contributed by atoms with E-state index in [2.05, 4.69) is 9.97 Å². The lowest BCUT2D eigenvalue weighted by molar-refractivity contribution is 0.283. The standard InChI is InChI=1S/C10H15Cl2N3O/c1-15(5-3-2-4-6-16)9-8(11)7-13-10(12)14-9/h7,16H,2-6H2,1H3. The molecule has 1 rings (SSSR count). The maximum absolute atomic E-state index is 8.66. The monoisotopic (exact) mass is 263 g/mol. The molecule has 1 heterocycles. The van der Waals surface area contributed by atoms with Crippen molar-refractivity contribution in [3.63, 3.8) is 0 Å². The second-order valence-electron chi connectivity index (χ2n) is 3.52. The number of rotatable bonds is 6. The van der Waals surface area contributed by atoms with E-state index in [0.717, 1.165) is 25.8 Å². The Morgan fingerprint density at radius 3 is 2.75 bits per heavy atom. The molecule has 16 heavy (non-hydrogen) atoms. The lowest BCUT2D eigenvalue weighted by Gasteiger charge is -2.18. The maximum Gasteiger partial charge on any atom is 0.224 e. The fourth-order valence-electron chi connectivity index (χ4n) is 1.35. The predicted molar refractivity (Wildman–Crippen MR) is 66.3 cm³/mol. The van der Waals surface area contributed by atoms with Crippen molar-refractivity contribution in [2.75, 3.05) is 25.1 Å². The molecule has 0 amide bonds. The van der Waals surface area contributed by atoms with Crippen LogP contribution in [-0.2, 0) is 0 Å². The summed E-state index contributed by atoms with van der Waals surface area (Å²) in [7, 11) is 1.91. The minimum Gasteiger partial charge on any atom is -0.396 e. The summed E-state index contributed by atoms with van der Waals surface area (Å²) in [6, 6.07) is 0. The van der Waals surface area contributed by atoms with Gasteiger partial charge in [-0.25, -0.2) is 4.98 Å². The zero-order chi connectivity index (χ0) is 12.0. The molecular formula is C10H15Cl2N3O. The molecule has 0 bridgehead atoms. The van der Waals surface area contributed by atoms with Crippen LogP contribution < -0.4 is 4.90 Å². The molecule has 1 aromatic heterocycles. The van der Waals surface area contributed by atoms with Crippen LogP contribution in [0, 0.1) is 0 Å². The van der Waals surface area contributed by atoms with E-state index >= 15 is 0 Å². The highest BCUT2D eigenvalue weighted by atomic mass is 35.5. The van der Waals surface area contributed by atoms with E-state index in [0.29, 0.717) is 10.8 Å². The molecule has 0 aliphatic heterocycles. The number of aromatic nitrogens is 2. The lowest BCUT2D eigenvalue weighted by Crippen LogP contribution is -2.20. The normalized spacial score (nSPS) is 10.5. The van der Waals surface area contributed by atoms with E-state index in [9.17, 15) is 0 Å². The van der Waals surface area contributed by atoms with Gasteiger partial charge in [-0.1, -0.05) is 11.6 Å². The van der Waals surface area contributed by atoms with Crippen LogP contribution in [-0.4, -0.2) is 35.3 Å². The number of hydrogen-bond acceptors (Lipinski definition) is 4. The number of aliphatic hydroxyl groups is 1. The van der Waals surface area contributed by atoms with Gasteiger partial charge in [0.15, 0.2) is 5.82 Å². The van der Waals surface area contributed by atoms with Crippen molar-refractivity contribution < 1.29 is 5.11 Å². The summed E-state index contributed by atoms with van der Waals surface area (Å²) >= 11 is 11.7. The molecule has 1 N–H and O–H groups in total. The molecule has 0 fully saturated rings. The Morgan fingerprint density at radius 2 is 2.06 bits per heavy atom. The van der Waals surface area contributed by atoms with Gasteiger partial charge in [-0.05, 0) is 30.9 Å². The first-order valence-electron chi connectivity index (χ1n) is 5.15. The van der Waals surface area contributed by atoms with Crippen LogP contribution in [0.2, 0.25) is 10.3 Å². The van der Waals surface area contributed by atoms with Gasteiger partial charge >= 0.3 is 0 Å². The van der Waals surface area contributed by atoms with Crippen molar-refractivity contribution in [1.29, 1.82) is 0 Å². The number of aliphatic hydroxyl groups excluding tert-OH is 1. The fourth-order valence-corrected chi connectivity index (χ4v) is 1.71. The summed E-state index contributed by atoms with van der Waals surface area (Å²) in [6.45, 7) is 1.07. The van der Waals surface area contributed by atoms with E-state index in [-0.39, 0.29) is 11.9 Å². The highest BCUT2D eigenvalue weighted by Crippen LogP contribution is 2.22. The molecule has 0 saturated carbocycles. The van der Waals surface area contributed by atoms with Crippen LogP contribution in [0.5, 0.6) is 0 Å². The van der Waals surface area contributed by atoms with Crippen LogP contribution in [0.4, 0.5) is 5.82 Å². The highest BCUT2D eigenvalue weighted by molar-refractivity contribution is 6.33. The van der Waals surface area contributed by atoms with Gasteiger partial charge in [0.1, 0.15) is 5.02 Å². The highest BCUT2D eigenvalue weighted by Gasteiger charge is 2.08. The molecule has 90 valence electrons. The third-order valence-corrected chi connectivity index (χ3v) is 2.66. The van der Waals surface area contributed by atoms with E-state index in [1.807, 2.05) is 11.9 Å². The third kappa shape index (κ3) is 4.12. The van der Waals surface area contributed by atoms with Gasteiger partial charge in [-0.15, -0.1) is 0 Å². The average molecular weight is 264 g/mol. The first-order valence-corrected chi connectivity index (χ1v) is 5.90. The molecule has 0 atom stereocenters. The van der Waals surface area contributed by atoms with E-state index in [4.69, 9.17) is 28.3 Å². The minimum atomic E-state index is 0.196. The molecule has 1 aromatic rings. The molecule has 0 aromatic carbocycles. The van der Waals surface area contributed by atoms with Crippen molar-refractivity contribution >= 4 is 29.0 Å². The number of nitrogens with zero attached hydrogens (tertiary/aromatic N) is 3. The first-order chi connectivity index (χ1) is 7.65. The number of unbranched alkanes of at least 4 members (excludes halogenated alkanes) is 2. The number of hydrogen-bond donors (Lipinski definition) is 1. The van der Waals surface area contributed by atoms with Crippen molar-refractivity contribution in [2.24, 2.45) is 0 Å². The van der Waals surface area contributed by atoms with Crippen LogP contribution in [0.3, 0.4) is 0 Å². The van der Waals surface area contributed by atoms with Gasteiger partial charge < -0.3 is 10.0 Å². The molecule has 0 aliphatic rings. The second kappa shape index (κ2) is 6.89. The van der Waals surface area contributed by atoms with E-state index in [1.165, 1.54) is 6.20 Å². The molecule has 0 saturated heterocycles. The number of halogens is 2. The Hall–Kier alpha value is -0.580. The largest absolute Gasteiger partial charge is 0.396 e. The van der Waals surface area contributed by atoms with Crippen LogP contribution in [0.15, 0.2) is 6.20 Å². The summed E-state index contributed by atoms with van der Waals surface area (Å²) in [5.74, 6) is 0.644. The van der Waals surface area contributed by atoms with Gasteiger partial charge in [-0.2, -0.15) is 4.98 Å². The molecule has 6 heteroatoms. The Morgan fingerprint density at radius 1 is 1.31 bits per heavy atom. The second-order valence-corrected chi connectivity index (χ2v) is 4.26. The molecule has 4 nitrogen and oxygen atoms in total. The van der Waals surface area contributed by atoms with E-state index in [1.54, 1.807) is 0 Å². The van der Waals surface area contributed by atoms with Crippen molar-refractivity contribution in [3.05, 3.63) is 16.5 Å². The van der Waals surface area contributed by atoms with Crippen LogP contribution in [0.1, 0.15) is 19.3 Å². The van der Waals surface area contributed by atoms with Gasteiger partial charge in [-0.3, -0.25) is 0 Å². The number of anilines is 1. The summed E-state index contributed by atoms with van der Waals surface area (Å²) < 4.78 is 0. The zero-order valence-electron chi connectivity index (χ0n) is 9.16. The van der Waals surface area contributed by atoms with Crippen LogP contribution in [0.25, 0.3) is 0 Å². The summed E-state index contributed by atoms with van der Waals surface area (Å²) in [5, 5.41) is 9.35. The van der Waals surface area contributed by atoms with Crippen molar-refractivity contribution in [2.45, 2.75) is 19.3 Å². The lowest BCUT2D eigenvalue weighted by atomic mass is 10.2. The SMILES string of the molecule is CN(CCCCCO)c1nc(Cl)ncc1Cl. The topological polar surface area (TPSA) is 49.2 Å². The Labute approximate surface area is 105 Å². The van der Waals surface area contributed by atoms with Gasteiger partial charge in [0.05, 0.1) is 6.20 Å². The van der Waals surface area contributed by atoms with Crippen molar-refractivity contribution in [1.82, 2.24) is 9.97 Å². The smallest absolute Gasteiger partial charge is 0.224 e. The first kappa shape index (κ1) is 13.5. The summed E-state index contributed by atoms with van der Waals surface area (Å²) in [4.78, 5) is 9.80. The fraction of sp³-hybridized carbons (Fsp3) is 0.600. The average Bonchev–Trinajstić information content (AvgIpc) is 2.27. The predicted octanol–water partition coefficient (Wildman–Crippen LogP) is 2.38. The van der Waals surface area contributed by atoms with Crippen LogP contribution >= 0.6 is 23.2 Å². The summed E-state index contributed by atoms with van der Waals surface area (Å²) in [5.41, 5.74) is 0. The molecular weight excluding hydrogens is 249 g/mol. The summed E-state index contributed by atoms with van der Waals surface area (Å²) in [6.07, 6.45) is 4.29. The van der Waals surface area contributed by atoms with Gasteiger partial charge in [0.2, 0.25) is 5.28 Å². The Kier molecular flexibility index (Phi) is 5.80. The zero-order valence-corrected chi connectivity index (χ0v) is 10.7. The van der Waals surface area contributed by atoms with E-state index < -0.39 is 0 Å². The molecule has 0 unspecified atom stereocenters. The quantitative estimate of drug-likeness (QED) is 0.633. The Balaban J connectivity index is 2.51.